The van der Waals surface area contributed by atoms with Crippen LogP contribution in [-0.2, 0) is 0 Å². The standard InChI is InChI=1S/C28H32N4O4/c1-36-22-15-16-24(23(19-22)28(35)32-26-10-6-8-18-30-26)31-27(34)21-13-11-20(12-14-21)25(33)9-5-3-2-4-7-17-29/h6,8,10-16,18-19H,2-5,7,9,17,29H2,1H3,(H,31,34)(H,30,32,35). The smallest absolute Gasteiger partial charge is 0.259 e. The average molecular weight is 489 g/mol. The number of anilines is 2. The summed E-state index contributed by atoms with van der Waals surface area (Å²) in [5.74, 6) is 0.0853. The Bertz CT molecular complexity index is 1160. The lowest BCUT2D eigenvalue weighted by Gasteiger charge is -2.13. The third kappa shape index (κ3) is 7.74. The highest BCUT2D eigenvalue weighted by molar-refractivity contribution is 6.12. The van der Waals surface area contributed by atoms with Crippen molar-refractivity contribution in [1.82, 2.24) is 4.98 Å². The quantitative estimate of drug-likeness (QED) is 0.228. The molecule has 1 aromatic heterocycles. The lowest BCUT2D eigenvalue weighted by molar-refractivity contribution is 0.0975. The van der Waals surface area contributed by atoms with E-state index in [9.17, 15) is 14.4 Å². The fourth-order valence-electron chi connectivity index (χ4n) is 3.67. The van der Waals surface area contributed by atoms with Crippen LogP contribution in [0.15, 0.2) is 66.9 Å². The van der Waals surface area contributed by atoms with Crippen LogP contribution in [-0.4, -0.2) is 36.2 Å². The molecular weight excluding hydrogens is 456 g/mol. The summed E-state index contributed by atoms with van der Waals surface area (Å²) < 4.78 is 5.24. The molecule has 0 fully saturated rings. The second-order valence-corrected chi connectivity index (χ2v) is 8.34. The average Bonchev–Trinajstić information content (AvgIpc) is 2.91. The number of amides is 2. The van der Waals surface area contributed by atoms with E-state index in [-0.39, 0.29) is 11.3 Å². The molecule has 2 amide bonds. The highest BCUT2D eigenvalue weighted by Crippen LogP contribution is 2.24. The topological polar surface area (TPSA) is 123 Å². The molecule has 3 aromatic rings. The summed E-state index contributed by atoms with van der Waals surface area (Å²) >= 11 is 0. The van der Waals surface area contributed by atoms with E-state index < -0.39 is 11.8 Å². The molecule has 8 heteroatoms. The molecule has 0 unspecified atom stereocenters. The first kappa shape index (κ1) is 26.6. The van der Waals surface area contributed by atoms with Crippen LogP contribution in [0.4, 0.5) is 11.5 Å². The Morgan fingerprint density at radius 2 is 1.56 bits per heavy atom. The van der Waals surface area contributed by atoms with E-state index in [2.05, 4.69) is 15.6 Å². The molecule has 36 heavy (non-hydrogen) atoms. The Morgan fingerprint density at radius 1 is 0.833 bits per heavy atom. The van der Waals surface area contributed by atoms with Gasteiger partial charge in [-0.3, -0.25) is 14.4 Å². The summed E-state index contributed by atoms with van der Waals surface area (Å²) in [4.78, 5) is 42.4. The second-order valence-electron chi connectivity index (χ2n) is 8.34. The van der Waals surface area contributed by atoms with Crippen LogP contribution in [0.3, 0.4) is 0 Å². The molecule has 188 valence electrons. The summed E-state index contributed by atoms with van der Waals surface area (Å²) in [5.41, 5.74) is 7.00. The fraction of sp³-hybridized carbons (Fsp3) is 0.286. The number of ketones is 1. The van der Waals surface area contributed by atoms with Crippen molar-refractivity contribution in [3.05, 3.63) is 83.6 Å². The highest BCUT2D eigenvalue weighted by atomic mass is 16.5. The maximum atomic E-state index is 12.9. The van der Waals surface area contributed by atoms with Crippen molar-refractivity contribution >= 4 is 29.1 Å². The minimum absolute atomic E-state index is 0.0596. The predicted octanol–water partition coefficient (Wildman–Crippen LogP) is 5.08. The maximum Gasteiger partial charge on any atom is 0.259 e. The third-order valence-electron chi connectivity index (χ3n) is 5.70. The van der Waals surface area contributed by atoms with Gasteiger partial charge in [-0.1, -0.05) is 37.5 Å². The zero-order valence-corrected chi connectivity index (χ0v) is 20.5. The number of carbonyl (C=O) groups is 3. The Morgan fingerprint density at radius 3 is 2.25 bits per heavy atom. The van der Waals surface area contributed by atoms with E-state index in [4.69, 9.17) is 10.5 Å². The highest BCUT2D eigenvalue weighted by Gasteiger charge is 2.17. The summed E-state index contributed by atoms with van der Waals surface area (Å²) in [7, 11) is 1.50. The van der Waals surface area contributed by atoms with Crippen molar-refractivity contribution in [1.29, 1.82) is 0 Å². The van der Waals surface area contributed by atoms with E-state index in [1.165, 1.54) is 7.11 Å². The van der Waals surface area contributed by atoms with E-state index >= 15 is 0 Å². The zero-order chi connectivity index (χ0) is 25.8. The number of unbranched alkanes of at least 4 members (excludes halogenated alkanes) is 4. The largest absolute Gasteiger partial charge is 0.497 e. The van der Waals surface area contributed by atoms with Crippen LogP contribution < -0.4 is 21.1 Å². The Balaban J connectivity index is 1.64. The molecule has 8 nitrogen and oxygen atoms in total. The molecule has 4 N–H and O–H groups in total. The van der Waals surface area contributed by atoms with E-state index in [0.29, 0.717) is 41.3 Å². The van der Waals surface area contributed by atoms with Gasteiger partial charge in [-0.25, -0.2) is 4.98 Å². The molecule has 0 radical (unpaired) electrons. The molecular formula is C28H32N4O4. The van der Waals surface area contributed by atoms with Crippen molar-refractivity contribution < 1.29 is 19.1 Å². The predicted molar refractivity (Wildman–Crippen MR) is 141 cm³/mol. The molecule has 0 bridgehead atoms. The number of nitrogens with two attached hydrogens (primary N) is 1. The first-order chi connectivity index (χ1) is 17.5. The van der Waals surface area contributed by atoms with Crippen LogP contribution in [0.5, 0.6) is 5.75 Å². The normalized spacial score (nSPS) is 10.5. The molecule has 3 rings (SSSR count). The first-order valence-electron chi connectivity index (χ1n) is 12.1. The molecule has 0 spiro atoms. The van der Waals surface area contributed by atoms with E-state index in [1.807, 2.05) is 0 Å². The van der Waals surface area contributed by atoms with Gasteiger partial charge in [0.05, 0.1) is 18.4 Å². The number of aromatic nitrogens is 1. The number of hydrogen-bond acceptors (Lipinski definition) is 6. The van der Waals surface area contributed by atoms with Gasteiger partial charge in [-0.15, -0.1) is 0 Å². The van der Waals surface area contributed by atoms with E-state index in [1.54, 1.807) is 66.9 Å². The molecule has 0 saturated heterocycles. The molecule has 2 aromatic carbocycles. The lowest BCUT2D eigenvalue weighted by Crippen LogP contribution is -2.19. The number of hydrogen-bond donors (Lipinski definition) is 3. The number of rotatable bonds is 13. The second kappa shape index (κ2) is 13.7. The molecule has 0 aliphatic heterocycles. The van der Waals surface area contributed by atoms with E-state index in [0.717, 1.165) is 32.1 Å². The number of nitrogens with one attached hydrogen (secondary N) is 2. The van der Waals surface area contributed by atoms with Crippen molar-refractivity contribution in [2.45, 2.75) is 38.5 Å². The van der Waals surface area contributed by atoms with Gasteiger partial charge in [-0.05, 0) is 61.9 Å². The number of Topliss-reactive ketones (excluding diaryl/α,β-unsaturated/α-hetero) is 1. The Labute approximate surface area is 211 Å². The van der Waals surface area contributed by atoms with Crippen LogP contribution in [0.2, 0.25) is 0 Å². The van der Waals surface area contributed by atoms with Crippen molar-refractivity contribution in [2.75, 3.05) is 24.3 Å². The molecule has 0 aliphatic carbocycles. The van der Waals surface area contributed by atoms with Gasteiger partial charge in [0.25, 0.3) is 11.8 Å². The first-order valence-corrected chi connectivity index (χ1v) is 12.1. The summed E-state index contributed by atoms with van der Waals surface area (Å²) in [5, 5.41) is 5.50. The van der Waals surface area contributed by atoms with Gasteiger partial charge in [0, 0.05) is 23.7 Å². The van der Waals surface area contributed by atoms with Crippen LogP contribution in [0.25, 0.3) is 0 Å². The van der Waals surface area contributed by atoms with Gasteiger partial charge >= 0.3 is 0 Å². The lowest BCUT2D eigenvalue weighted by atomic mass is 10.0. The Kier molecular flexibility index (Phi) is 10.1. The third-order valence-corrected chi connectivity index (χ3v) is 5.70. The minimum atomic E-state index is -0.438. The van der Waals surface area contributed by atoms with Crippen LogP contribution in [0.1, 0.15) is 69.6 Å². The number of ether oxygens (including phenoxy) is 1. The number of pyridine rings is 1. The number of carbonyl (C=O) groups excluding carboxylic acids is 3. The number of nitrogens with zero attached hydrogens (tertiary/aromatic N) is 1. The van der Waals surface area contributed by atoms with Gasteiger partial charge in [0.15, 0.2) is 5.78 Å². The Hall–Kier alpha value is -4.04. The summed E-state index contributed by atoms with van der Waals surface area (Å²) in [6.07, 6.45) is 7.09. The SMILES string of the molecule is COc1ccc(NC(=O)c2ccc(C(=O)CCCCCCCN)cc2)c(C(=O)Nc2ccccn2)c1. The van der Waals surface area contributed by atoms with Crippen molar-refractivity contribution in [3.63, 3.8) is 0 Å². The number of methoxy groups -OCH3 is 1. The van der Waals surface area contributed by atoms with Gasteiger partial charge in [0.1, 0.15) is 11.6 Å². The summed E-state index contributed by atoms with van der Waals surface area (Å²) in [6, 6.07) is 16.5. The molecule has 0 atom stereocenters. The van der Waals surface area contributed by atoms with Gasteiger partial charge in [-0.2, -0.15) is 0 Å². The monoisotopic (exact) mass is 488 g/mol. The van der Waals surface area contributed by atoms with Crippen LogP contribution >= 0.6 is 0 Å². The van der Waals surface area contributed by atoms with Crippen molar-refractivity contribution in [3.8, 4) is 5.75 Å². The zero-order valence-electron chi connectivity index (χ0n) is 20.5. The van der Waals surface area contributed by atoms with Crippen LogP contribution in [0, 0.1) is 0 Å². The minimum Gasteiger partial charge on any atom is -0.497 e. The molecule has 0 saturated carbocycles. The van der Waals surface area contributed by atoms with Gasteiger partial charge < -0.3 is 21.1 Å². The number of benzene rings is 2. The fourth-order valence-corrected chi connectivity index (χ4v) is 3.67. The maximum absolute atomic E-state index is 12.9. The summed E-state index contributed by atoms with van der Waals surface area (Å²) in [6.45, 7) is 0.705. The van der Waals surface area contributed by atoms with Crippen molar-refractivity contribution in [2.24, 2.45) is 5.73 Å². The molecule has 1 heterocycles. The molecule has 0 aliphatic rings. The van der Waals surface area contributed by atoms with Gasteiger partial charge in [0.2, 0.25) is 0 Å².